The van der Waals surface area contributed by atoms with Crippen molar-refractivity contribution in [2.75, 3.05) is 18.5 Å². The number of carbonyl (C=O) groups is 1. The standard InChI is InChI=1S/C12H20N4OS/c1-12(2,3)14-9(17)7-16(4)11-13-10(15-18-11)8-5-6-8/h8H,5-7H2,1-4H3,(H,14,17). The Morgan fingerprint density at radius 2 is 2.17 bits per heavy atom. The van der Waals surface area contributed by atoms with E-state index in [9.17, 15) is 4.79 Å². The van der Waals surface area contributed by atoms with Crippen LogP contribution in [0.5, 0.6) is 0 Å². The highest BCUT2D eigenvalue weighted by atomic mass is 32.1. The van der Waals surface area contributed by atoms with Crippen LogP contribution in [0.25, 0.3) is 0 Å². The summed E-state index contributed by atoms with van der Waals surface area (Å²) in [6.45, 7) is 6.24. The molecule has 100 valence electrons. The van der Waals surface area contributed by atoms with Crippen LogP contribution in [-0.4, -0.2) is 34.4 Å². The molecule has 1 aliphatic carbocycles. The molecule has 5 nitrogen and oxygen atoms in total. The summed E-state index contributed by atoms with van der Waals surface area (Å²) in [5, 5.41) is 3.76. The van der Waals surface area contributed by atoms with Gasteiger partial charge >= 0.3 is 0 Å². The Bertz CT molecular complexity index is 434. The first-order valence-electron chi connectivity index (χ1n) is 6.21. The zero-order valence-corrected chi connectivity index (χ0v) is 12.2. The third kappa shape index (κ3) is 3.66. The van der Waals surface area contributed by atoms with E-state index in [1.54, 1.807) is 0 Å². The Morgan fingerprint density at radius 3 is 2.72 bits per heavy atom. The SMILES string of the molecule is CN(CC(=O)NC(C)(C)C)c1nc(C2CC2)ns1. The molecule has 1 aromatic heterocycles. The molecule has 1 aliphatic rings. The van der Waals surface area contributed by atoms with Crippen molar-refractivity contribution in [3.05, 3.63) is 5.82 Å². The lowest BCUT2D eigenvalue weighted by Gasteiger charge is -2.22. The summed E-state index contributed by atoms with van der Waals surface area (Å²) in [4.78, 5) is 18.1. The van der Waals surface area contributed by atoms with Crippen LogP contribution in [0.4, 0.5) is 5.13 Å². The summed E-state index contributed by atoms with van der Waals surface area (Å²) < 4.78 is 4.34. The normalized spacial score (nSPS) is 15.6. The third-order valence-electron chi connectivity index (χ3n) is 2.60. The monoisotopic (exact) mass is 268 g/mol. The van der Waals surface area contributed by atoms with Crippen molar-refractivity contribution in [3.8, 4) is 0 Å². The van der Waals surface area contributed by atoms with Crippen molar-refractivity contribution >= 4 is 22.6 Å². The Kier molecular flexibility index (Phi) is 3.56. The number of anilines is 1. The van der Waals surface area contributed by atoms with Crippen LogP contribution in [0.3, 0.4) is 0 Å². The number of nitrogens with zero attached hydrogens (tertiary/aromatic N) is 3. The van der Waals surface area contributed by atoms with Crippen molar-refractivity contribution in [1.82, 2.24) is 14.7 Å². The average molecular weight is 268 g/mol. The van der Waals surface area contributed by atoms with Crippen molar-refractivity contribution in [2.45, 2.75) is 45.1 Å². The lowest BCUT2D eigenvalue weighted by Crippen LogP contribution is -2.45. The molecule has 0 aliphatic heterocycles. The number of nitrogens with one attached hydrogen (secondary N) is 1. The molecule has 18 heavy (non-hydrogen) atoms. The van der Waals surface area contributed by atoms with Gasteiger partial charge in [0.2, 0.25) is 11.0 Å². The van der Waals surface area contributed by atoms with E-state index in [-0.39, 0.29) is 11.4 Å². The van der Waals surface area contributed by atoms with Gasteiger partial charge in [0.05, 0.1) is 6.54 Å². The van der Waals surface area contributed by atoms with Crippen LogP contribution < -0.4 is 10.2 Å². The minimum Gasteiger partial charge on any atom is -0.350 e. The highest BCUT2D eigenvalue weighted by Gasteiger charge is 2.28. The first-order valence-corrected chi connectivity index (χ1v) is 6.98. The van der Waals surface area contributed by atoms with Gasteiger partial charge in [0, 0.05) is 30.0 Å². The number of rotatable bonds is 4. The first-order chi connectivity index (χ1) is 8.35. The predicted octanol–water partition coefficient (Wildman–Crippen LogP) is 1.77. The first kappa shape index (κ1) is 13.3. The molecule has 1 fully saturated rings. The van der Waals surface area contributed by atoms with Crippen molar-refractivity contribution < 1.29 is 4.79 Å². The Morgan fingerprint density at radius 1 is 1.50 bits per heavy atom. The Labute approximate surface area is 112 Å². The molecular formula is C12H20N4OS. The fourth-order valence-corrected chi connectivity index (χ4v) is 2.33. The number of likely N-dealkylation sites (N-methyl/N-ethyl adjacent to an activating group) is 1. The molecule has 0 unspecified atom stereocenters. The van der Waals surface area contributed by atoms with Crippen LogP contribution in [0, 0.1) is 0 Å². The van der Waals surface area contributed by atoms with E-state index >= 15 is 0 Å². The second-order valence-electron chi connectivity index (χ2n) is 5.86. The zero-order chi connectivity index (χ0) is 13.3. The van der Waals surface area contributed by atoms with Gasteiger partial charge in [-0.1, -0.05) is 0 Å². The molecule has 2 rings (SSSR count). The fraction of sp³-hybridized carbons (Fsp3) is 0.750. The molecule has 0 atom stereocenters. The van der Waals surface area contributed by atoms with E-state index in [1.807, 2.05) is 32.7 Å². The highest BCUT2D eigenvalue weighted by Crippen LogP contribution is 2.39. The molecule has 1 aromatic rings. The maximum absolute atomic E-state index is 11.8. The van der Waals surface area contributed by atoms with E-state index in [0.717, 1.165) is 11.0 Å². The minimum absolute atomic E-state index is 0.00757. The van der Waals surface area contributed by atoms with Crippen molar-refractivity contribution in [2.24, 2.45) is 0 Å². The number of hydrogen-bond donors (Lipinski definition) is 1. The summed E-state index contributed by atoms with van der Waals surface area (Å²) in [5.41, 5.74) is -0.196. The molecule has 1 heterocycles. The van der Waals surface area contributed by atoms with Gasteiger partial charge < -0.3 is 10.2 Å². The summed E-state index contributed by atoms with van der Waals surface area (Å²) in [6, 6.07) is 0. The number of aromatic nitrogens is 2. The summed E-state index contributed by atoms with van der Waals surface area (Å²) in [5.74, 6) is 1.51. The molecule has 0 aromatic carbocycles. The number of carbonyl (C=O) groups excluding carboxylic acids is 1. The number of amides is 1. The topological polar surface area (TPSA) is 58.1 Å². The molecule has 1 N–H and O–H groups in total. The van der Waals surface area contributed by atoms with E-state index in [1.165, 1.54) is 24.4 Å². The van der Waals surface area contributed by atoms with Gasteiger partial charge in [-0.05, 0) is 33.6 Å². The molecule has 6 heteroatoms. The molecule has 1 saturated carbocycles. The summed E-state index contributed by atoms with van der Waals surface area (Å²) >= 11 is 1.37. The smallest absolute Gasteiger partial charge is 0.239 e. The maximum atomic E-state index is 11.8. The van der Waals surface area contributed by atoms with E-state index in [0.29, 0.717) is 12.5 Å². The van der Waals surface area contributed by atoms with E-state index < -0.39 is 0 Å². The largest absolute Gasteiger partial charge is 0.350 e. The van der Waals surface area contributed by atoms with Gasteiger partial charge in [-0.3, -0.25) is 4.79 Å². The predicted molar refractivity (Wildman–Crippen MR) is 73.0 cm³/mol. The minimum atomic E-state index is -0.196. The van der Waals surface area contributed by atoms with Crippen molar-refractivity contribution in [1.29, 1.82) is 0 Å². The quantitative estimate of drug-likeness (QED) is 0.904. The van der Waals surface area contributed by atoms with E-state index in [2.05, 4.69) is 14.7 Å². The third-order valence-corrected chi connectivity index (χ3v) is 3.44. The van der Waals surface area contributed by atoms with Crippen molar-refractivity contribution in [3.63, 3.8) is 0 Å². The molecule has 0 spiro atoms. The van der Waals surface area contributed by atoms with Gasteiger partial charge in [-0.15, -0.1) is 0 Å². The lowest BCUT2D eigenvalue weighted by molar-refractivity contribution is -0.121. The van der Waals surface area contributed by atoms with Gasteiger partial charge in [0.1, 0.15) is 5.82 Å². The molecule has 0 bridgehead atoms. The van der Waals surface area contributed by atoms with Crippen LogP contribution in [0.2, 0.25) is 0 Å². The van der Waals surface area contributed by atoms with Crippen LogP contribution in [-0.2, 0) is 4.79 Å². The second kappa shape index (κ2) is 4.84. The van der Waals surface area contributed by atoms with E-state index in [4.69, 9.17) is 0 Å². The maximum Gasteiger partial charge on any atom is 0.239 e. The van der Waals surface area contributed by atoms with Crippen LogP contribution in [0.1, 0.15) is 45.4 Å². The molecule has 1 amide bonds. The Balaban J connectivity index is 1.90. The van der Waals surface area contributed by atoms with Gasteiger partial charge in [-0.2, -0.15) is 4.37 Å². The lowest BCUT2D eigenvalue weighted by atomic mass is 10.1. The van der Waals surface area contributed by atoms with Gasteiger partial charge in [-0.25, -0.2) is 4.98 Å². The fourth-order valence-electron chi connectivity index (χ4n) is 1.63. The second-order valence-corrected chi connectivity index (χ2v) is 6.59. The molecular weight excluding hydrogens is 248 g/mol. The zero-order valence-electron chi connectivity index (χ0n) is 11.4. The Hall–Kier alpha value is -1.17. The summed E-state index contributed by atoms with van der Waals surface area (Å²) in [6.07, 6.45) is 2.40. The average Bonchev–Trinajstić information content (AvgIpc) is 2.93. The number of hydrogen-bond acceptors (Lipinski definition) is 5. The van der Waals surface area contributed by atoms with Gasteiger partial charge in [0.25, 0.3) is 0 Å². The van der Waals surface area contributed by atoms with Crippen LogP contribution in [0.15, 0.2) is 0 Å². The van der Waals surface area contributed by atoms with Crippen LogP contribution >= 0.6 is 11.5 Å². The highest BCUT2D eigenvalue weighted by molar-refractivity contribution is 7.09. The van der Waals surface area contributed by atoms with Gasteiger partial charge in [0.15, 0.2) is 0 Å². The molecule has 0 radical (unpaired) electrons. The molecule has 0 saturated heterocycles. The summed E-state index contributed by atoms with van der Waals surface area (Å²) in [7, 11) is 1.87.